The van der Waals surface area contributed by atoms with Gasteiger partial charge in [0.1, 0.15) is 11.6 Å². The Kier molecular flexibility index (Phi) is 3.94. The normalized spacial score (nSPS) is 10.7. The Hall–Kier alpha value is -1.76. The van der Waals surface area contributed by atoms with Crippen LogP contribution in [-0.2, 0) is 13.6 Å². The lowest BCUT2D eigenvalue weighted by molar-refractivity contribution is 0.730. The number of nitrogen functional groups attached to an aromatic ring is 1. The summed E-state index contributed by atoms with van der Waals surface area (Å²) in [6.45, 7) is 4.74. The van der Waals surface area contributed by atoms with Crippen LogP contribution in [0.25, 0.3) is 0 Å². The van der Waals surface area contributed by atoms with Gasteiger partial charge < -0.3 is 11.1 Å². The van der Waals surface area contributed by atoms with Crippen molar-refractivity contribution >= 4 is 23.4 Å². The Morgan fingerprint density at radius 3 is 2.68 bits per heavy atom. The largest absolute Gasteiger partial charge is 0.383 e. The summed E-state index contributed by atoms with van der Waals surface area (Å²) < 4.78 is 1.88. The Labute approximate surface area is 116 Å². The maximum absolute atomic E-state index is 5.75. The molecule has 6 nitrogen and oxygen atoms in total. The summed E-state index contributed by atoms with van der Waals surface area (Å²) in [6, 6.07) is 1.74. The number of rotatable bonds is 4. The number of hydrogen-bond acceptors (Lipinski definition) is 6. The van der Waals surface area contributed by atoms with Crippen molar-refractivity contribution in [2.75, 3.05) is 17.3 Å². The van der Waals surface area contributed by atoms with Gasteiger partial charge in [-0.05, 0) is 20.1 Å². The van der Waals surface area contributed by atoms with Crippen molar-refractivity contribution in [3.63, 3.8) is 0 Å². The van der Waals surface area contributed by atoms with E-state index in [1.54, 1.807) is 6.07 Å². The Morgan fingerprint density at radius 1 is 1.37 bits per heavy atom. The second kappa shape index (κ2) is 5.48. The van der Waals surface area contributed by atoms with Crippen LogP contribution in [0.2, 0.25) is 0 Å². The van der Waals surface area contributed by atoms with Crippen LogP contribution in [0.1, 0.15) is 17.0 Å². The zero-order valence-electron chi connectivity index (χ0n) is 11.6. The highest BCUT2D eigenvalue weighted by Crippen LogP contribution is 2.17. The summed E-state index contributed by atoms with van der Waals surface area (Å²) in [5, 5.41) is 8.33. The molecule has 0 amide bonds. The van der Waals surface area contributed by atoms with Crippen LogP contribution in [0.3, 0.4) is 0 Å². The van der Waals surface area contributed by atoms with Gasteiger partial charge in [-0.3, -0.25) is 4.68 Å². The van der Waals surface area contributed by atoms with Gasteiger partial charge in [0, 0.05) is 30.9 Å². The van der Waals surface area contributed by atoms with E-state index in [1.165, 1.54) is 17.3 Å². The maximum atomic E-state index is 5.75. The lowest BCUT2D eigenvalue weighted by Crippen LogP contribution is -2.06. The van der Waals surface area contributed by atoms with E-state index in [1.807, 2.05) is 24.9 Å². The fraction of sp³-hybridized carbons (Fsp3) is 0.417. The topological polar surface area (TPSA) is 81.6 Å². The van der Waals surface area contributed by atoms with Crippen LogP contribution in [0.4, 0.5) is 11.6 Å². The monoisotopic (exact) mass is 278 g/mol. The smallest absolute Gasteiger partial charge is 0.191 e. The van der Waals surface area contributed by atoms with Gasteiger partial charge in [0.15, 0.2) is 5.16 Å². The predicted molar refractivity (Wildman–Crippen MR) is 78.2 cm³/mol. The third-order valence-corrected chi connectivity index (χ3v) is 3.56. The molecule has 0 aromatic carbocycles. The first kappa shape index (κ1) is 13.7. The molecule has 2 aromatic heterocycles. The molecule has 0 bridgehead atoms. The van der Waals surface area contributed by atoms with Crippen molar-refractivity contribution in [2.24, 2.45) is 7.05 Å². The summed E-state index contributed by atoms with van der Waals surface area (Å²) in [4.78, 5) is 8.49. The molecule has 3 N–H and O–H groups in total. The van der Waals surface area contributed by atoms with Crippen LogP contribution in [-0.4, -0.2) is 26.0 Å². The zero-order chi connectivity index (χ0) is 14.0. The SMILES string of the molecule is CSc1nc(N)cc(NCc2c(C)nn(C)c2C)n1. The molecule has 0 aliphatic rings. The summed E-state index contributed by atoms with van der Waals surface area (Å²) >= 11 is 1.47. The van der Waals surface area contributed by atoms with Crippen molar-refractivity contribution in [2.45, 2.75) is 25.5 Å². The third kappa shape index (κ3) is 2.98. The molecule has 7 heteroatoms. The Morgan fingerprint density at radius 2 is 2.11 bits per heavy atom. The van der Waals surface area contributed by atoms with Crippen LogP contribution in [0.5, 0.6) is 0 Å². The van der Waals surface area contributed by atoms with Crippen molar-refractivity contribution < 1.29 is 0 Å². The van der Waals surface area contributed by atoms with E-state index in [9.17, 15) is 0 Å². The van der Waals surface area contributed by atoms with E-state index in [-0.39, 0.29) is 0 Å². The van der Waals surface area contributed by atoms with E-state index in [2.05, 4.69) is 27.3 Å². The van der Waals surface area contributed by atoms with Crippen molar-refractivity contribution in [1.82, 2.24) is 19.7 Å². The zero-order valence-corrected chi connectivity index (χ0v) is 12.4. The molecule has 0 unspecified atom stereocenters. The summed E-state index contributed by atoms with van der Waals surface area (Å²) in [6.07, 6.45) is 1.92. The number of nitrogens with one attached hydrogen (secondary N) is 1. The average molecular weight is 278 g/mol. The highest BCUT2D eigenvalue weighted by atomic mass is 32.2. The van der Waals surface area contributed by atoms with Gasteiger partial charge >= 0.3 is 0 Å². The van der Waals surface area contributed by atoms with Crippen LogP contribution in [0.15, 0.2) is 11.2 Å². The second-order valence-corrected chi connectivity index (χ2v) is 5.06. The molecule has 0 saturated heterocycles. The molecule has 2 aromatic rings. The molecule has 0 aliphatic carbocycles. The van der Waals surface area contributed by atoms with Gasteiger partial charge in [0.25, 0.3) is 0 Å². The molecule has 0 fully saturated rings. The van der Waals surface area contributed by atoms with Gasteiger partial charge in [-0.2, -0.15) is 5.10 Å². The highest BCUT2D eigenvalue weighted by Gasteiger charge is 2.09. The fourth-order valence-electron chi connectivity index (χ4n) is 1.88. The highest BCUT2D eigenvalue weighted by molar-refractivity contribution is 7.98. The van der Waals surface area contributed by atoms with Gasteiger partial charge in [0.2, 0.25) is 0 Å². The molecule has 0 spiro atoms. The maximum Gasteiger partial charge on any atom is 0.191 e. The molecular weight excluding hydrogens is 260 g/mol. The van der Waals surface area contributed by atoms with Crippen LogP contribution >= 0.6 is 11.8 Å². The minimum atomic E-state index is 0.474. The van der Waals surface area contributed by atoms with Gasteiger partial charge in [0.05, 0.1) is 5.69 Å². The first-order valence-electron chi connectivity index (χ1n) is 5.92. The van der Waals surface area contributed by atoms with E-state index in [4.69, 9.17) is 5.73 Å². The Bertz CT molecular complexity index is 592. The van der Waals surface area contributed by atoms with Crippen LogP contribution in [0, 0.1) is 13.8 Å². The lowest BCUT2D eigenvalue weighted by Gasteiger charge is -2.08. The number of aryl methyl sites for hydroxylation is 2. The van der Waals surface area contributed by atoms with Gasteiger partial charge in [-0.1, -0.05) is 11.8 Å². The fourth-order valence-corrected chi connectivity index (χ4v) is 2.26. The van der Waals surface area contributed by atoms with E-state index in [0.29, 0.717) is 17.5 Å². The quantitative estimate of drug-likeness (QED) is 0.655. The van der Waals surface area contributed by atoms with Crippen molar-refractivity contribution in [1.29, 1.82) is 0 Å². The molecule has 0 radical (unpaired) electrons. The first-order chi connectivity index (χ1) is 9.01. The number of hydrogen-bond donors (Lipinski definition) is 2. The number of thioether (sulfide) groups is 1. The molecule has 2 rings (SSSR count). The minimum Gasteiger partial charge on any atom is -0.383 e. The number of nitrogens with zero attached hydrogens (tertiary/aromatic N) is 4. The number of aromatic nitrogens is 4. The van der Waals surface area contributed by atoms with Crippen molar-refractivity contribution in [3.05, 3.63) is 23.0 Å². The minimum absolute atomic E-state index is 0.474. The molecule has 19 heavy (non-hydrogen) atoms. The standard InChI is InChI=1S/C12H18N6S/c1-7-9(8(2)18(3)17-7)6-14-11-5-10(13)15-12(16-11)19-4/h5H,6H2,1-4H3,(H3,13,14,15,16). The molecule has 0 aliphatic heterocycles. The predicted octanol–water partition coefficient (Wildman–Crippen LogP) is 1.74. The summed E-state index contributed by atoms with van der Waals surface area (Å²) in [5.41, 5.74) is 9.11. The molecule has 102 valence electrons. The lowest BCUT2D eigenvalue weighted by atomic mass is 10.2. The van der Waals surface area contributed by atoms with E-state index >= 15 is 0 Å². The molecular formula is C12H18N6S. The molecule has 0 atom stereocenters. The second-order valence-electron chi connectivity index (χ2n) is 4.29. The third-order valence-electron chi connectivity index (χ3n) is 3.01. The van der Waals surface area contributed by atoms with Gasteiger partial charge in [-0.25, -0.2) is 9.97 Å². The summed E-state index contributed by atoms with van der Waals surface area (Å²) in [7, 11) is 1.94. The van der Waals surface area contributed by atoms with E-state index < -0.39 is 0 Å². The molecule has 0 saturated carbocycles. The summed E-state index contributed by atoms with van der Waals surface area (Å²) in [5.74, 6) is 1.21. The number of anilines is 2. The van der Waals surface area contributed by atoms with Crippen LogP contribution < -0.4 is 11.1 Å². The first-order valence-corrected chi connectivity index (χ1v) is 7.15. The Balaban J connectivity index is 2.16. The molecule has 2 heterocycles. The van der Waals surface area contributed by atoms with E-state index in [0.717, 1.165) is 17.2 Å². The van der Waals surface area contributed by atoms with Crippen molar-refractivity contribution in [3.8, 4) is 0 Å². The number of nitrogens with two attached hydrogens (primary N) is 1. The average Bonchev–Trinajstić information content (AvgIpc) is 2.60. The van der Waals surface area contributed by atoms with Gasteiger partial charge in [-0.15, -0.1) is 0 Å².